The van der Waals surface area contributed by atoms with E-state index in [1.807, 2.05) is 6.26 Å². The maximum atomic E-state index is 10.4. The van der Waals surface area contributed by atoms with Crippen molar-refractivity contribution in [3.8, 4) is 0 Å². The largest absolute Gasteiger partial charge is 0.353 e. The molecule has 88 valence electrons. The SMILES string of the molecule is CSC(C)(C)CNc1ncc([N+](=O)[O-])cn1. The van der Waals surface area contributed by atoms with Crippen LogP contribution >= 0.6 is 11.8 Å². The summed E-state index contributed by atoms with van der Waals surface area (Å²) in [6, 6.07) is 0. The fourth-order valence-electron chi connectivity index (χ4n) is 0.871. The number of anilines is 1. The maximum Gasteiger partial charge on any atom is 0.305 e. The Morgan fingerprint density at radius 2 is 2.06 bits per heavy atom. The van der Waals surface area contributed by atoms with Gasteiger partial charge in [-0.2, -0.15) is 11.8 Å². The summed E-state index contributed by atoms with van der Waals surface area (Å²) in [5, 5.41) is 13.4. The minimum atomic E-state index is -0.518. The number of nitro groups is 1. The molecule has 0 amide bonds. The fraction of sp³-hybridized carbons (Fsp3) is 0.556. The molecule has 7 heteroatoms. The van der Waals surface area contributed by atoms with Crippen LogP contribution < -0.4 is 5.32 Å². The number of hydrogen-bond donors (Lipinski definition) is 1. The minimum Gasteiger partial charge on any atom is -0.353 e. The van der Waals surface area contributed by atoms with E-state index >= 15 is 0 Å². The van der Waals surface area contributed by atoms with Gasteiger partial charge < -0.3 is 5.32 Å². The Morgan fingerprint density at radius 1 is 1.50 bits per heavy atom. The summed E-state index contributed by atoms with van der Waals surface area (Å²) in [7, 11) is 0. The van der Waals surface area contributed by atoms with Gasteiger partial charge in [-0.1, -0.05) is 0 Å². The number of rotatable bonds is 5. The van der Waals surface area contributed by atoms with Gasteiger partial charge in [0.2, 0.25) is 5.95 Å². The second-order valence-corrected chi connectivity index (χ2v) is 5.35. The van der Waals surface area contributed by atoms with E-state index < -0.39 is 4.92 Å². The number of hydrogen-bond acceptors (Lipinski definition) is 6. The summed E-state index contributed by atoms with van der Waals surface area (Å²) < 4.78 is 0.0745. The van der Waals surface area contributed by atoms with Crippen molar-refractivity contribution in [2.45, 2.75) is 18.6 Å². The van der Waals surface area contributed by atoms with E-state index in [0.29, 0.717) is 12.5 Å². The first-order chi connectivity index (χ1) is 7.44. The van der Waals surface area contributed by atoms with E-state index in [9.17, 15) is 10.1 Å². The Hall–Kier alpha value is -1.37. The lowest BCUT2D eigenvalue weighted by Crippen LogP contribution is -2.26. The molecule has 0 saturated heterocycles. The molecule has 0 bridgehead atoms. The van der Waals surface area contributed by atoms with E-state index in [1.165, 1.54) is 12.4 Å². The van der Waals surface area contributed by atoms with Gasteiger partial charge in [0, 0.05) is 11.3 Å². The summed E-state index contributed by atoms with van der Waals surface area (Å²) in [6.45, 7) is 4.89. The molecular formula is C9H14N4O2S. The number of nitrogens with one attached hydrogen (secondary N) is 1. The predicted molar refractivity (Wildman–Crippen MR) is 64.8 cm³/mol. The third-order valence-corrected chi connectivity index (χ3v) is 3.32. The second-order valence-electron chi connectivity index (χ2n) is 3.84. The van der Waals surface area contributed by atoms with Crippen LogP contribution in [0.5, 0.6) is 0 Å². The average Bonchev–Trinajstić information content (AvgIpc) is 2.27. The highest BCUT2D eigenvalue weighted by molar-refractivity contribution is 7.99. The molecule has 0 aliphatic carbocycles. The molecule has 0 aliphatic rings. The molecule has 0 spiro atoms. The first-order valence-electron chi connectivity index (χ1n) is 4.70. The van der Waals surface area contributed by atoms with Gasteiger partial charge in [0.15, 0.2) is 0 Å². The zero-order valence-corrected chi connectivity index (χ0v) is 10.2. The molecular weight excluding hydrogens is 228 g/mol. The molecule has 0 fully saturated rings. The number of thioether (sulfide) groups is 1. The summed E-state index contributed by atoms with van der Waals surface area (Å²) in [4.78, 5) is 17.6. The van der Waals surface area contributed by atoms with Crippen LogP contribution in [0.25, 0.3) is 0 Å². The molecule has 1 rings (SSSR count). The van der Waals surface area contributed by atoms with Crippen LogP contribution in [-0.2, 0) is 0 Å². The Morgan fingerprint density at radius 3 is 2.50 bits per heavy atom. The third-order valence-electron chi connectivity index (χ3n) is 2.07. The molecule has 0 unspecified atom stereocenters. The highest BCUT2D eigenvalue weighted by Gasteiger charge is 2.16. The van der Waals surface area contributed by atoms with Crippen LogP contribution in [0.2, 0.25) is 0 Å². The highest BCUT2D eigenvalue weighted by atomic mass is 32.2. The van der Waals surface area contributed by atoms with Crippen molar-refractivity contribution in [1.29, 1.82) is 0 Å². The van der Waals surface area contributed by atoms with E-state index in [1.54, 1.807) is 11.8 Å². The standard InChI is InChI=1S/C9H14N4O2S/c1-9(2,16-3)6-12-8-10-4-7(5-11-8)13(14)15/h4-5H,6H2,1-3H3,(H,10,11,12). The quantitative estimate of drug-likeness (QED) is 0.627. The maximum absolute atomic E-state index is 10.4. The molecule has 0 aromatic carbocycles. The zero-order valence-electron chi connectivity index (χ0n) is 9.43. The normalized spacial score (nSPS) is 11.2. The third kappa shape index (κ3) is 3.65. The minimum absolute atomic E-state index is 0.0745. The zero-order chi connectivity index (χ0) is 12.2. The summed E-state index contributed by atoms with van der Waals surface area (Å²) in [6.07, 6.45) is 4.42. The summed E-state index contributed by atoms with van der Waals surface area (Å²) in [5.41, 5.74) is -0.102. The van der Waals surface area contributed by atoms with Crippen molar-refractivity contribution in [1.82, 2.24) is 9.97 Å². The fourth-order valence-corrected chi connectivity index (χ4v) is 1.09. The van der Waals surface area contributed by atoms with Crippen molar-refractivity contribution < 1.29 is 4.92 Å². The molecule has 1 aromatic heterocycles. The smallest absolute Gasteiger partial charge is 0.305 e. The lowest BCUT2D eigenvalue weighted by atomic mass is 10.2. The topological polar surface area (TPSA) is 81.0 Å². The molecule has 0 atom stereocenters. The predicted octanol–water partition coefficient (Wildman–Crippen LogP) is 1.94. The van der Waals surface area contributed by atoms with Crippen LogP contribution in [0, 0.1) is 10.1 Å². The van der Waals surface area contributed by atoms with Gasteiger partial charge in [-0.3, -0.25) is 10.1 Å². The van der Waals surface area contributed by atoms with Gasteiger partial charge in [-0.15, -0.1) is 0 Å². The molecule has 16 heavy (non-hydrogen) atoms. The van der Waals surface area contributed by atoms with Gasteiger partial charge in [0.1, 0.15) is 12.4 Å². The van der Waals surface area contributed by atoms with Crippen LogP contribution in [0.1, 0.15) is 13.8 Å². The van der Waals surface area contributed by atoms with Gasteiger partial charge in [-0.25, -0.2) is 9.97 Å². The highest BCUT2D eigenvalue weighted by Crippen LogP contribution is 2.21. The molecule has 0 radical (unpaired) electrons. The molecule has 1 aromatic rings. The van der Waals surface area contributed by atoms with Crippen LogP contribution in [0.15, 0.2) is 12.4 Å². The Kier molecular flexibility index (Phi) is 4.05. The Bertz CT molecular complexity index is 366. The van der Waals surface area contributed by atoms with Gasteiger partial charge in [-0.05, 0) is 20.1 Å². The molecule has 0 saturated carbocycles. The second kappa shape index (κ2) is 5.11. The van der Waals surface area contributed by atoms with Crippen molar-refractivity contribution in [2.75, 3.05) is 18.1 Å². The number of aromatic nitrogens is 2. The first kappa shape index (κ1) is 12.7. The summed E-state index contributed by atoms with van der Waals surface area (Å²) in [5.74, 6) is 0.410. The molecule has 1 heterocycles. The summed E-state index contributed by atoms with van der Waals surface area (Å²) >= 11 is 1.73. The van der Waals surface area contributed by atoms with Gasteiger partial charge >= 0.3 is 5.69 Å². The van der Waals surface area contributed by atoms with E-state index in [2.05, 4.69) is 29.1 Å². The van der Waals surface area contributed by atoms with Crippen LogP contribution in [-0.4, -0.2) is 32.4 Å². The molecule has 0 aliphatic heterocycles. The van der Waals surface area contributed by atoms with Crippen molar-refractivity contribution >= 4 is 23.4 Å². The molecule has 1 N–H and O–H groups in total. The van der Waals surface area contributed by atoms with Crippen molar-refractivity contribution in [3.05, 3.63) is 22.5 Å². The Labute approximate surface area is 98.0 Å². The number of nitrogens with zero attached hydrogens (tertiary/aromatic N) is 3. The van der Waals surface area contributed by atoms with Crippen LogP contribution in [0.3, 0.4) is 0 Å². The molecule has 6 nitrogen and oxygen atoms in total. The first-order valence-corrected chi connectivity index (χ1v) is 5.92. The van der Waals surface area contributed by atoms with Crippen molar-refractivity contribution in [3.63, 3.8) is 0 Å². The van der Waals surface area contributed by atoms with Crippen molar-refractivity contribution in [2.24, 2.45) is 0 Å². The Balaban J connectivity index is 2.59. The lowest BCUT2D eigenvalue weighted by molar-refractivity contribution is -0.385. The average molecular weight is 242 g/mol. The van der Waals surface area contributed by atoms with E-state index in [0.717, 1.165) is 0 Å². The van der Waals surface area contributed by atoms with E-state index in [4.69, 9.17) is 0 Å². The monoisotopic (exact) mass is 242 g/mol. The van der Waals surface area contributed by atoms with Crippen LogP contribution in [0.4, 0.5) is 11.6 Å². The van der Waals surface area contributed by atoms with E-state index in [-0.39, 0.29) is 10.4 Å². The van der Waals surface area contributed by atoms with Gasteiger partial charge in [0.05, 0.1) is 4.92 Å². The lowest BCUT2D eigenvalue weighted by Gasteiger charge is -2.21. The van der Waals surface area contributed by atoms with Gasteiger partial charge in [0.25, 0.3) is 0 Å².